The summed E-state index contributed by atoms with van der Waals surface area (Å²) in [6, 6.07) is 7.51. The van der Waals surface area contributed by atoms with Crippen molar-refractivity contribution < 1.29 is 9.18 Å². The van der Waals surface area contributed by atoms with Gasteiger partial charge in [0.1, 0.15) is 17.3 Å². The van der Waals surface area contributed by atoms with Crippen molar-refractivity contribution in [1.82, 2.24) is 4.98 Å². The molecule has 1 amide bonds. The van der Waals surface area contributed by atoms with Gasteiger partial charge in [-0.25, -0.2) is 15.2 Å². The Bertz CT molecular complexity index is 643. The van der Waals surface area contributed by atoms with Crippen LogP contribution in [0.5, 0.6) is 0 Å². The zero-order valence-corrected chi connectivity index (χ0v) is 11.3. The Hall–Kier alpha value is -2.18. The second kappa shape index (κ2) is 5.85. The van der Waals surface area contributed by atoms with Crippen molar-refractivity contribution in [3.05, 3.63) is 52.4 Å². The molecule has 1 aromatic carbocycles. The molecule has 1 heterocycles. The number of aromatic nitrogens is 1. The van der Waals surface area contributed by atoms with Crippen molar-refractivity contribution in [3.63, 3.8) is 0 Å². The standard InChI is InChI=1S/C13H12ClFN4O/c1-7-3-2-4-9(15)11(7)18-13(20)12-8(14)5-6-10(17-12)19-16/h2-6H,16H2,1H3,(H,17,19)(H,18,20). The van der Waals surface area contributed by atoms with E-state index in [4.69, 9.17) is 17.4 Å². The van der Waals surface area contributed by atoms with Crippen LogP contribution in [-0.4, -0.2) is 10.9 Å². The first-order valence-electron chi connectivity index (χ1n) is 5.72. The Kier molecular flexibility index (Phi) is 4.16. The number of carbonyl (C=O) groups excluding carboxylic acids is 1. The van der Waals surface area contributed by atoms with Gasteiger partial charge in [0.05, 0.1) is 10.7 Å². The number of nitrogen functional groups attached to an aromatic ring is 1. The highest BCUT2D eigenvalue weighted by Crippen LogP contribution is 2.22. The fourth-order valence-electron chi connectivity index (χ4n) is 1.64. The van der Waals surface area contributed by atoms with Crippen LogP contribution < -0.4 is 16.6 Å². The lowest BCUT2D eigenvalue weighted by atomic mass is 10.2. The predicted octanol–water partition coefficient (Wildman–Crippen LogP) is 2.72. The summed E-state index contributed by atoms with van der Waals surface area (Å²) in [6.45, 7) is 1.69. The Labute approximate surface area is 119 Å². The van der Waals surface area contributed by atoms with Crippen LogP contribution in [0.2, 0.25) is 5.02 Å². The summed E-state index contributed by atoms with van der Waals surface area (Å²) in [5, 5.41) is 2.61. The van der Waals surface area contributed by atoms with Crippen molar-refractivity contribution in [2.24, 2.45) is 5.84 Å². The molecule has 0 saturated carbocycles. The molecule has 0 aliphatic carbocycles. The number of nitrogens with two attached hydrogens (primary N) is 1. The van der Waals surface area contributed by atoms with Crippen molar-refractivity contribution >= 4 is 29.0 Å². The second-order valence-corrected chi connectivity index (χ2v) is 4.46. The van der Waals surface area contributed by atoms with Gasteiger partial charge in [-0.3, -0.25) is 4.79 Å². The van der Waals surface area contributed by atoms with E-state index in [-0.39, 0.29) is 22.2 Å². The highest BCUT2D eigenvalue weighted by Gasteiger charge is 2.16. The van der Waals surface area contributed by atoms with E-state index in [9.17, 15) is 9.18 Å². The van der Waals surface area contributed by atoms with E-state index >= 15 is 0 Å². The summed E-state index contributed by atoms with van der Waals surface area (Å²) in [5.74, 6) is 4.37. The quantitative estimate of drug-likeness (QED) is 0.600. The summed E-state index contributed by atoms with van der Waals surface area (Å²) in [7, 11) is 0. The van der Waals surface area contributed by atoms with Gasteiger partial charge in [-0.15, -0.1) is 0 Å². The van der Waals surface area contributed by atoms with Crippen molar-refractivity contribution in [2.45, 2.75) is 6.92 Å². The van der Waals surface area contributed by atoms with Gasteiger partial charge in [-0.2, -0.15) is 0 Å². The number of rotatable bonds is 3. The van der Waals surface area contributed by atoms with E-state index in [1.165, 1.54) is 18.2 Å². The van der Waals surface area contributed by atoms with Gasteiger partial charge in [-0.1, -0.05) is 23.7 Å². The zero-order chi connectivity index (χ0) is 14.7. The number of anilines is 2. The molecule has 0 radical (unpaired) electrons. The summed E-state index contributed by atoms with van der Waals surface area (Å²) in [4.78, 5) is 16.1. The van der Waals surface area contributed by atoms with Crippen LogP contribution in [0.15, 0.2) is 30.3 Å². The molecule has 0 atom stereocenters. The van der Waals surface area contributed by atoms with E-state index in [1.54, 1.807) is 19.1 Å². The predicted molar refractivity (Wildman–Crippen MR) is 76.1 cm³/mol. The first-order valence-corrected chi connectivity index (χ1v) is 6.10. The van der Waals surface area contributed by atoms with Gasteiger partial charge in [0.25, 0.3) is 5.91 Å². The minimum absolute atomic E-state index is 0.0373. The summed E-state index contributed by atoms with van der Waals surface area (Å²) in [6.07, 6.45) is 0. The molecular formula is C13H12ClFN4O. The average Bonchev–Trinajstić information content (AvgIpc) is 2.43. The average molecular weight is 295 g/mol. The third-order valence-electron chi connectivity index (χ3n) is 2.67. The van der Waals surface area contributed by atoms with Gasteiger partial charge in [0, 0.05) is 0 Å². The van der Waals surface area contributed by atoms with E-state index in [0.29, 0.717) is 5.56 Å². The maximum absolute atomic E-state index is 13.7. The number of pyridine rings is 1. The normalized spacial score (nSPS) is 10.2. The largest absolute Gasteiger partial charge is 0.318 e. The molecule has 7 heteroatoms. The molecule has 0 spiro atoms. The van der Waals surface area contributed by atoms with Crippen LogP contribution in [0, 0.1) is 12.7 Å². The number of hydrogen-bond acceptors (Lipinski definition) is 4. The van der Waals surface area contributed by atoms with Gasteiger partial charge >= 0.3 is 0 Å². The Morgan fingerprint density at radius 1 is 1.35 bits per heavy atom. The Balaban J connectivity index is 2.33. The molecule has 0 saturated heterocycles. The van der Waals surface area contributed by atoms with Crippen LogP contribution in [-0.2, 0) is 0 Å². The van der Waals surface area contributed by atoms with Crippen LogP contribution in [0.3, 0.4) is 0 Å². The summed E-state index contributed by atoms with van der Waals surface area (Å²) in [5.41, 5.74) is 2.97. The molecule has 104 valence electrons. The first-order chi connectivity index (χ1) is 9.52. The van der Waals surface area contributed by atoms with Crippen molar-refractivity contribution in [1.29, 1.82) is 0 Å². The molecule has 2 aromatic rings. The number of nitrogens with one attached hydrogen (secondary N) is 2. The minimum atomic E-state index is -0.611. The lowest BCUT2D eigenvalue weighted by Gasteiger charge is -2.10. The number of para-hydroxylation sites is 1. The molecule has 0 bridgehead atoms. The van der Waals surface area contributed by atoms with Gasteiger partial charge in [0.15, 0.2) is 0 Å². The zero-order valence-electron chi connectivity index (χ0n) is 10.6. The summed E-state index contributed by atoms with van der Waals surface area (Å²) >= 11 is 5.91. The Morgan fingerprint density at radius 2 is 2.10 bits per heavy atom. The second-order valence-electron chi connectivity index (χ2n) is 4.06. The number of benzene rings is 1. The molecule has 5 nitrogen and oxygen atoms in total. The molecule has 0 unspecified atom stereocenters. The molecule has 0 aliphatic rings. The maximum Gasteiger partial charge on any atom is 0.275 e. The molecule has 20 heavy (non-hydrogen) atoms. The lowest BCUT2D eigenvalue weighted by molar-refractivity contribution is 0.102. The van der Waals surface area contributed by atoms with Gasteiger partial charge in [0.2, 0.25) is 0 Å². The van der Waals surface area contributed by atoms with E-state index in [2.05, 4.69) is 15.7 Å². The number of hydrazine groups is 1. The SMILES string of the molecule is Cc1cccc(F)c1NC(=O)c1nc(NN)ccc1Cl. The number of carbonyl (C=O) groups is 1. The van der Waals surface area contributed by atoms with E-state index < -0.39 is 11.7 Å². The molecular weight excluding hydrogens is 283 g/mol. The number of halogens is 2. The monoisotopic (exact) mass is 294 g/mol. The molecule has 0 aliphatic heterocycles. The van der Waals surface area contributed by atoms with Crippen LogP contribution in [0.1, 0.15) is 16.1 Å². The number of amides is 1. The van der Waals surface area contributed by atoms with Crippen molar-refractivity contribution in [3.8, 4) is 0 Å². The Morgan fingerprint density at radius 3 is 2.75 bits per heavy atom. The molecule has 2 rings (SSSR count). The van der Waals surface area contributed by atoms with Crippen LogP contribution in [0.25, 0.3) is 0 Å². The highest BCUT2D eigenvalue weighted by atomic mass is 35.5. The fourth-order valence-corrected chi connectivity index (χ4v) is 1.84. The topological polar surface area (TPSA) is 80.0 Å². The number of aryl methyl sites for hydroxylation is 1. The minimum Gasteiger partial charge on any atom is -0.318 e. The first kappa shape index (κ1) is 14.2. The highest BCUT2D eigenvalue weighted by molar-refractivity contribution is 6.34. The fraction of sp³-hybridized carbons (Fsp3) is 0.0769. The van der Waals surface area contributed by atoms with E-state index in [0.717, 1.165) is 0 Å². The van der Waals surface area contributed by atoms with Gasteiger partial charge < -0.3 is 10.7 Å². The van der Waals surface area contributed by atoms with Crippen LogP contribution >= 0.6 is 11.6 Å². The third kappa shape index (κ3) is 2.87. The third-order valence-corrected chi connectivity index (χ3v) is 2.97. The molecule has 4 N–H and O–H groups in total. The van der Waals surface area contributed by atoms with E-state index in [1.807, 2.05) is 0 Å². The summed E-state index contributed by atoms with van der Waals surface area (Å²) < 4.78 is 13.7. The number of nitrogens with zero attached hydrogens (tertiary/aromatic N) is 1. The maximum atomic E-state index is 13.7. The van der Waals surface area contributed by atoms with Crippen LogP contribution in [0.4, 0.5) is 15.9 Å². The smallest absolute Gasteiger partial charge is 0.275 e. The van der Waals surface area contributed by atoms with Gasteiger partial charge in [-0.05, 0) is 30.7 Å². The lowest BCUT2D eigenvalue weighted by Crippen LogP contribution is -2.18. The molecule has 1 aromatic heterocycles. The number of hydrogen-bond donors (Lipinski definition) is 3. The molecule has 0 fully saturated rings. The van der Waals surface area contributed by atoms with Crippen molar-refractivity contribution in [2.75, 3.05) is 10.7 Å².